The third-order valence-corrected chi connectivity index (χ3v) is 14.9. The molecule has 1 spiro atoms. The van der Waals surface area contributed by atoms with Crippen LogP contribution >= 0.6 is 7.82 Å². The number of rotatable bonds is 6. The van der Waals surface area contributed by atoms with E-state index in [1.165, 1.54) is 31.3 Å². The van der Waals surface area contributed by atoms with Gasteiger partial charge in [-0.3, -0.25) is 4.52 Å². The molecule has 3 saturated carbocycles. The Bertz CT molecular complexity index is 1440. The van der Waals surface area contributed by atoms with E-state index in [1.54, 1.807) is 24.3 Å². The summed E-state index contributed by atoms with van der Waals surface area (Å²) in [5, 5.41) is 0. The molecule has 4 aliphatic carbocycles. The minimum absolute atomic E-state index is 0.142. The van der Waals surface area contributed by atoms with Crippen LogP contribution in [0.1, 0.15) is 85.5 Å². The number of hydrogen-bond donors (Lipinski definition) is 0. The van der Waals surface area contributed by atoms with Crippen molar-refractivity contribution in [2.45, 2.75) is 103 Å². The molecule has 2 heterocycles. The van der Waals surface area contributed by atoms with Gasteiger partial charge in [0.2, 0.25) is 0 Å². The van der Waals surface area contributed by atoms with E-state index in [9.17, 15) is 4.57 Å². The van der Waals surface area contributed by atoms with E-state index >= 15 is 0 Å². The maximum atomic E-state index is 14.2. The summed E-state index contributed by atoms with van der Waals surface area (Å²) in [7, 11) is -3.94. The molecule has 8 rings (SSSR count). The van der Waals surface area contributed by atoms with Crippen LogP contribution in [0.5, 0.6) is 11.5 Å². The van der Waals surface area contributed by atoms with Crippen molar-refractivity contribution in [1.82, 2.24) is 0 Å². The fraction of sp³-hybridized carbons (Fsp3) is 0.641. The monoisotopic (exact) mass is 646 g/mol. The number of fused-ring (bicyclic) bond motifs is 7. The first kappa shape index (κ1) is 31.2. The van der Waals surface area contributed by atoms with E-state index in [1.807, 2.05) is 36.4 Å². The quantitative estimate of drug-likeness (QED) is 0.230. The average molecular weight is 647 g/mol. The van der Waals surface area contributed by atoms with Crippen molar-refractivity contribution in [1.29, 1.82) is 0 Å². The van der Waals surface area contributed by atoms with Gasteiger partial charge in [-0.25, -0.2) is 4.57 Å². The molecule has 0 radical (unpaired) electrons. The van der Waals surface area contributed by atoms with E-state index in [0.29, 0.717) is 58.5 Å². The predicted molar refractivity (Wildman–Crippen MR) is 178 cm³/mol. The first-order valence-corrected chi connectivity index (χ1v) is 19.4. The normalized spacial score (nSPS) is 43.2. The molecule has 2 aromatic rings. The summed E-state index contributed by atoms with van der Waals surface area (Å²) in [5.41, 5.74) is 1.92. The fourth-order valence-corrected chi connectivity index (χ4v) is 12.6. The molecule has 2 aromatic carbocycles. The SMILES string of the molecule is C[C@@H]1CC[C@@]2(OC1)O[C@H]1C[C@H]3[C@@H]4CC=C5C[C@@H](OP(=O)(Oc6ccccc6)Oc6ccccc6)CC[C@]5(C)[C@H]4CC[C@]3(C)[C@H]1[C@@H]2C. The van der Waals surface area contributed by atoms with Crippen LogP contribution in [-0.2, 0) is 18.6 Å². The van der Waals surface area contributed by atoms with Gasteiger partial charge in [0.25, 0.3) is 0 Å². The van der Waals surface area contributed by atoms with Crippen LogP contribution in [0.15, 0.2) is 72.3 Å². The lowest BCUT2D eigenvalue weighted by Crippen LogP contribution is -2.52. The van der Waals surface area contributed by atoms with E-state index in [-0.39, 0.29) is 17.3 Å². The Labute approximate surface area is 275 Å². The van der Waals surface area contributed by atoms with Crippen LogP contribution in [0.3, 0.4) is 0 Å². The molecule has 248 valence electrons. The van der Waals surface area contributed by atoms with Crippen molar-refractivity contribution >= 4 is 7.82 Å². The summed E-state index contributed by atoms with van der Waals surface area (Å²) in [5.74, 6) is 4.28. The molecule has 0 amide bonds. The highest BCUT2D eigenvalue weighted by Gasteiger charge is 2.68. The lowest BCUT2D eigenvalue weighted by Gasteiger charge is -2.58. The summed E-state index contributed by atoms with van der Waals surface area (Å²) in [6.45, 7) is 10.7. The lowest BCUT2D eigenvalue weighted by molar-refractivity contribution is -0.272. The van der Waals surface area contributed by atoms with Crippen molar-refractivity contribution in [3.8, 4) is 11.5 Å². The maximum absolute atomic E-state index is 14.2. The molecular formula is C39H51O6P. The third-order valence-electron chi connectivity index (χ3n) is 13.5. The minimum Gasteiger partial charge on any atom is -0.395 e. The Hall–Kier alpha value is -2.11. The van der Waals surface area contributed by atoms with Crippen molar-refractivity contribution in [3.05, 3.63) is 72.3 Å². The first-order valence-electron chi connectivity index (χ1n) is 17.9. The molecule has 6 nitrogen and oxygen atoms in total. The van der Waals surface area contributed by atoms with Gasteiger partial charge in [0.15, 0.2) is 5.79 Å². The second-order valence-electron chi connectivity index (χ2n) is 16.0. The predicted octanol–water partition coefficient (Wildman–Crippen LogP) is 10.0. The Morgan fingerprint density at radius 3 is 2.20 bits per heavy atom. The maximum Gasteiger partial charge on any atom is 0.587 e. The smallest absolute Gasteiger partial charge is 0.395 e. The summed E-state index contributed by atoms with van der Waals surface area (Å²) in [6.07, 6.45) is 12.4. The van der Waals surface area contributed by atoms with Crippen molar-refractivity contribution < 1.29 is 27.6 Å². The minimum atomic E-state index is -3.94. The van der Waals surface area contributed by atoms with E-state index < -0.39 is 7.82 Å². The number of phosphoric ester groups is 1. The van der Waals surface area contributed by atoms with Gasteiger partial charge in [-0.05, 0) is 116 Å². The van der Waals surface area contributed by atoms with Crippen LogP contribution in [-0.4, -0.2) is 24.6 Å². The zero-order valence-corrected chi connectivity index (χ0v) is 28.8. The van der Waals surface area contributed by atoms with Gasteiger partial charge >= 0.3 is 7.82 Å². The summed E-state index contributed by atoms with van der Waals surface area (Å²) in [6, 6.07) is 18.4. The van der Waals surface area contributed by atoms with Crippen LogP contribution in [0.4, 0.5) is 0 Å². The van der Waals surface area contributed by atoms with E-state index in [2.05, 4.69) is 33.8 Å². The highest BCUT2D eigenvalue weighted by atomic mass is 31.2. The van der Waals surface area contributed by atoms with E-state index in [4.69, 9.17) is 23.0 Å². The molecule has 0 unspecified atom stereocenters. The number of phosphoric acid groups is 1. The van der Waals surface area contributed by atoms with Crippen LogP contribution in [0, 0.1) is 46.3 Å². The number of hydrogen-bond acceptors (Lipinski definition) is 6. The Balaban J connectivity index is 0.992. The van der Waals surface area contributed by atoms with Gasteiger partial charge < -0.3 is 18.5 Å². The van der Waals surface area contributed by atoms with Crippen LogP contribution in [0.2, 0.25) is 0 Å². The highest BCUT2D eigenvalue weighted by molar-refractivity contribution is 7.49. The Kier molecular flexibility index (Phi) is 7.80. The van der Waals surface area contributed by atoms with Crippen molar-refractivity contribution in [2.75, 3.05) is 6.61 Å². The largest absolute Gasteiger partial charge is 0.587 e. The molecular weight excluding hydrogens is 595 g/mol. The lowest BCUT2D eigenvalue weighted by atomic mass is 9.47. The third kappa shape index (κ3) is 5.13. The molecule has 7 heteroatoms. The molecule has 11 atom stereocenters. The number of para-hydroxylation sites is 2. The van der Waals surface area contributed by atoms with Gasteiger partial charge in [0, 0.05) is 12.3 Å². The van der Waals surface area contributed by atoms with Crippen LogP contribution in [0.25, 0.3) is 0 Å². The molecule has 46 heavy (non-hydrogen) atoms. The molecule has 0 N–H and O–H groups in total. The number of allylic oxidation sites excluding steroid dienone is 1. The van der Waals surface area contributed by atoms with E-state index in [0.717, 1.165) is 38.7 Å². The molecule has 0 bridgehead atoms. The number of ether oxygens (including phenoxy) is 2. The van der Waals surface area contributed by atoms with Gasteiger partial charge in [0.05, 0.1) is 18.8 Å². The topological polar surface area (TPSA) is 63.2 Å². The second-order valence-corrected chi connectivity index (χ2v) is 17.5. The van der Waals surface area contributed by atoms with Crippen molar-refractivity contribution in [3.63, 3.8) is 0 Å². The molecule has 0 aromatic heterocycles. The number of benzene rings is 2. The van der Waals surface area contributed by atoms with Gasteiger partial charge in [-0.2, -0.15) is 0 Å². The molecule has 6 aliphatic rings. The Morgan fingerprint density at radius 1 is 0.848 bits per heavy atom. The van der Waals surface area contributed by atoms with Gasteiger partial charge in [-0.1, -0.05) is 75.7 Å². The Morgan fingerprint density at radius 2 is 1.54 bits per heavy atom. The standard InChI is InChI=1S/C39H51O6P/c1-26-17-22-39(41-25-26)27(2)36-35(42-39)24-34-32-16-15-28-23-31(18-20-37(28,3)33(32)19-21-38(34,36)4)45-46(40,43-29-11-7-5-8-12-29)44-30-13-9-6-10-14-30/h5-15,26-27,31-36H,16-25H2,1-4H3/t26-,27+,31+,32-,33+,34+,35+,36+,37+,38+,39-/m1/s1. The summed E-state index contributed by atoms with van der Waals surface area (Å²) >= 11 is 0. The van der Waals surface area contributed by atoms with Gasteiger partial charge in [0.1, 0.15) is 11.5 Å². The zero-order valence-electron chi connectivity index (χ0n) is 27.9. The van der Waals surface area contributed by atoms with Gasteiger partial charge in [-0.15, -0.1) is 0 Å². The zero-order chi connectivity index (χ0) is 31.7. The average Bonchev–Trinajstić information content (AvgIpc) is 3.49. The van der Waals surface area contributed by atoms with Crippen LogP contribution < -0.4 is 9.05 Å². The summed E-state index contributed by atoms with van der Waals surface area (Å²) < 4.78 is 46.0. The van der Waals surface area contributed by atoms with Crippen molar-refractivity contribution in [2.24, 2.45) is 46.3 Å². The molecule has 5 fully saturated rings. The highest BCUT2D eigenvalue weighted by Crippen LogP contribution is 2.71. The first-order chi connectivity index (χ1) is 22.1. The summed E-state index contributed by atoms with van der Waals surface area (Å²) in [4.78, 5) is 0. The molecule has 2 saturated heterocycles. The second kappa shape index (κ2) is 11.5. The molecule has 2 aliphatic heterocycles. The fourth-order valence-electron chi connectivity index (χ4n) is 11.2.